The third-order valence-corrected chi connectivity index (χ3v) is 2.69. The Hall–Kier alpha value is -2.37. The maximum absolute atomic E-state index is 11.9. The van der Waals surface area contributed by atoms with Gasteiger partial charge in [0.15, 0.2) is 0 Å². The molecule has 0 spiro atoms. The lowest BCUT2D eigenvalue weighted by molar-refractivity contribution is 0.102. The minimum atomic E-state index is -0.538. The van der Waals surface area contributed by atoms with Gasteiger partial charge in [-0.3, -0.25) is 14.9 Å². The van der Waals surface area contributed by atoms with Crippen molar-refractivity contribution in [3.63, 3.8) is 0 Å². The molecule has 0 unspecified atom stereocenters. The molecule has 0 fully saturated rings. The Balaban J connectivity index is 2.11. The number of pyridine rings is 1. The van der Waals surface area contributed by atoms with Crippen molar-refractivity contribution in [2.75, 3.05) is 5.32 Å². The fourth-order valence-corrected chi connectivity index (χ4v) is 1.79. The summed E-state index contributed by atoms with van der Waals surface area (Å²) < 4.78 is 5.17. The first-order valence-electron chi connectivity index (χ1n) is 6.41. The second-order valence-corrected chi connectivity index (χ2v) is 5.08. The van der Waals surface area contributed by atoms with Gasteiger partial charge in [0.05, 0.1) is 5.69 Å². The summed E-state index contributed by atoms with van der Waals surface area (Å²) >= 11 is 0. The molecule has 2 heterocycles. The quantitative estimate of drug-likeness (QED) is 0.894. The van der Waals surface area contributed by atoms with E-state index in [1.54, 1.807) is 13.0 Å². The number of hydrogen-bond donors (Lipinski definition) is 2. The van der Waals surface area contributed by atoms with Gasteiger partial charge in [0, 0.05) is 5.69 Å². The number of nitrogens with zero attached hydrogens (tertiary/aromatic N) is 1. The first-order chi connectivity index (χ1) is 9.45. The van der Waals surface area contributed by atoms with Gasteiger partial charge in [-0.25, -0.2) is 0 Å². The number of nitrogens with one attached hydrogen (secondary N) is 2. The van der Waals surface area contributed by atoms with Crippen molar-refractivity contribution in [2.24, 2.45) is 5.92 Å². The minimum Gasteiger partial charge on any atom is -0.432 e. The summed E-state index contributed by atoms with van der Waals surface area (Å²) in [6.45, 7) is 5.88. The smallest absolute Gasteiger partial charge is 0.301 e. The highest BCUT2D eigenvalue weighted by molar-refractivity contribution is 6.02. The number of anilines is 1. The number of hydrogen-bond acceptors (Lipinski definition) is 4. The van der Waals surface area contributed by atoms with Crippen molar-refractivity contribution in [3.05, 3.63) is 45.7 Å². The highest BCUT2D eigenvalue weighted by Crippen LogP contribution is 2.12. The second-order valence-electron chi connectivity index (χ2n) is 5.08. The summed E-state index contributed by atoms with van der Waals surface area (Å²) in [6, 6.07) is 3.24. The molecule has 0 aliphatic heterocycles. The number of rotatable bonds is 4. The Morgan fingerprint density at radius 3 is 2.85 bits per heavy atom. The SMILES string of the molecule is Cc1ccc(C(=O)Nc2nc(CC(C)C)co2)c(=O)[nH]1. The van der Waals surface area contributed by atoms with Crippen LogP contribution in [0.3, 0.4) is 0 Å². The number of amides is 1. The fraction of sp³-hybridized carbons (Fsp3) is 0.357. The van der Waals surface area contributed by atoms with Crippen LogP contribution in [0, 0.1) is 12.8 Å². The molecule has 106 valence electrons. The molecule has 2 aromatic rings. The molecule has 0 saturated carbocycles. The van der Waals surface area contributed by atoms with E-state index in [1.165, 1.54) is 12.3 Å². The highest BCUT2D eigenvalue weighted by atomic mass is 16.4. The van der Waals surface area contributed by atoms with Crippen LogP contribution in [0.4, 0.5) is 6.01 Å². The Morgan fingerprint density at radius 2 is 2.20 bits per heavy atom. The third-order valence-electron chi connectivity index (χ3n) is 2.69. The zero-order valence-corrected chi connectivity index (χ0v) is 11.7. The van der Waals surface area contributed by atoms with E-state index in [1.807, 2.05) is 0 Å². The number of aromatic amines is 1. The normalized spacial score (nSPS) is 10.8. The van der Waals surface area contributed by atoms with E-state index in [2.05, 4.69) is 29.1 Å². The molecule has 0 aliphatic rings. The maximum Gasteiger partial charge on any atom is 0.301 e. The lowest BCUT2D eigenvalue weighted by atomic mass is 10.1. The van der Waals surface area contributed by atoms with Gasteiger partial charge >= 0.3 is 6.01 Å². The van der Waals surface area contributed by atoms with E-state index in [-0.39, 0.29) is 11.6 Å². The zero-order valence-electron chi connectivity index (χ0n) is 11.7. The number of carbonyl (C=O) groups is 1. The topological polar surface area (TPSA) is 88.0 Å². The van der Waals surface area contributed by atoms with Crippen molar-refractivity contribution in [3.8, 4) is 0 Å². The van der Waals surface area contributed by atoms with Crippen LogP contribution < -0.4 is 10.9 Å². The van der Waals surface area contributed by atoms with Crippen LogP contribution in [0.15, 0.2) is 27.6 Å². The highest BCUT2D eigenvalue weighted by Gasteiger charge is 2.14. The van der Waals surface area contributed by atoms with Crippen LogP contribution in [0.1, 0.15) is 35.6 Å². The van der Waals surface area contributed by atoms with Crippen LogP contribution in [-0.2, 0) is 6.42 Å². The first kappa shape index (κ1) is 14.0. The van der Waals surface area contributed by atoms with E-state index < -0.39 is 11.5 Å². The van der Waals surface area contributed by atoms with Gasteiger partial charge in [-0.15, -0.1) is 0 Å². The number of oxazole rings is 1. The predicted octanol–water partition coefficient (Wildman–Crippen LogP) is 2.12. The molecule has 1 amide bonds. The summed E-state index contributed by atoms with van der Waals surface area (Å²) in [7, 11) is 0. The molecule has 0 bridgehead atoms. The molecule has 2 aromatic heterocycles. The molecule has 2 N–H and O–H groups in total. The first-order valence-corrected chi connectivity index (χ1v) is 6.41. The van der Waals surface area contributed by atoms with Crippen LogP contribution in [0.5, 0.6) is 0 Å². The van der Waals surface area contributed by atoms with Crippen LogP contribution in [0.2, 0.25) is 0 Å². The third kappa shape index (κ3) is 3.34. The lowest BCUT2D eigenvalue weighted by Crippen LogP contribution is -2.23. The number of aromatic nitrogens is 2. The summed E-state index contributed by atoms with van der Waals surface area (Å²) in [4.78, 5) is 30.3. The fourth-order valence-electron chi connectivity index (χ4n) is 1.79. The number of H-pyrrole nitrogens is 1. The molecular formula is C14H17N3O3. The molecule has 0 saturated heterocycles. The molecule has 0 radical (unpaired) electrons. The number of carbonyl (C=O) groups excluding carboxylic acids is 1. The average molecular weight is 275 g/mol. The molecule has 0 aromatic carbocycles. The molecule has 6 heteroatoms. The summed E-state index contributed by atoms with van der Waals surface area (Å²) in [5.41, 5.74) is 1.06. The summed E-state index contributed by atoms with van der Waals surface area (Å²) in [5.74, 6) is -0.0900. The van der Waals surface area contributed by atoms with Gasteiger partial charge in [-0.05, 0) is 31.4 Å². The van der Waals surface area contributed by atoms with Gasteiger partial charge in [0.2, 0.25) is 0 Å². The largest absolute Gasteiger partial charge is 0.432 e. The molecular weight excluding hydrogens is 258 g/mol. The van der Waals surface area contributed by atoms with Crippen LogP contribution >= 0.6 is 0 Å². The molecule has 0 aliphatic carbocycles. The van der Waals surface area contributed by atoms with E-state index >= 15 is 0 Å². The standard InChI is InChI=1S/C14H17N3O3/c1-8(2)6-10-7-20-14(16-10)17-13(19)11-5-4-9(3)15-12(11)18/h4-5,7-8H,6H2,1-3H3,(H,15,18)(H,16,17,19). The molecule has 0 atom stereocenters. The van der Waals surface area contributed by atoms with Crippen molar-refractivity contribution < 1.29 is 9.21 Å². The van der Waals surface area contributed by atoms with Gasteiger partial charge in [-0.2, -0.15) is 4.98 Å². The second kappa shape index (κ2) is 5.73. The van der Waals surface area contributed by atoms with Gasteiger partial charge < -0.3 is 9.40 Å². The Bertz CT molecular complexity index is 670. The van der Waals surface area contributed by atoms with E-state index in [9.17, 15) is 9.59 Å². The maximum atomic E-state index is 11.9. The van der Waals surface area contributed by atoms with Crippen LogP contribution in [-0.4, -0.2) is 15.9 Å². The minimum absolute atomic E-state index is 0.0270. The van der Waals surface area contributed by atoms with Gasteiger partial charge in [0.25, 0.3) is 11.5 Å². The van der Waals surface area contributed by atoms with E-state index in [0.29, 0.717) is 11.6 Å². The van der Waals surface area contributed by atoms with E-state index in [4.69, 9.17) is 4.42 Å². The molecule has 20 heavy (non-hydrogen) atoms. The molecule has 2 rings (SSSR count). The van der Waals surface area contributed by atoms with Crippen LogP contribution in [0.25, 0.3) is 0 Å². The Morgan fingerprint density at radius 1 is 1.45 bits per heavy atom. The van der Waals surface area contributed by atoms with Gasteiger partial charge in [-0.1, -0.05) is 13.8 Å². The molecule has 6 nitrogen and oxygen atoms in total. The van der Waals surface area contributed by atoms with Crippen molar-refractivity contribution in [2.45, 2.75) is 27.2 Å². The van der Waals surface area contributed by atoms with Crippen molar-refractivity contribution >= 4 is 11.9 Å². The number of aryl methyl sites for hydroxylation is 1. The van der Waals surface area contributed by atoms with Crippen molar-refractivity contribution in [1.82, 2.24) is 9.97 Å². The average Bonchev–Trinajstić information content (AvgIpc) is 2.75. The predicted molar refractivity (Wildman–Crippen MR) is 74.8 cm³/mol. The van der Waals surface area contributed by atoms with Gasteiger partial charge in [0.1, 0.15) is 11.8 Å². The lowest BCUT2D eigenvalue weighted by Gasteiger charge is -2.01. The van der Waals surface area contributed by atoms with Crippen molar-refractivity contribution in [1.29, 1.82) is 0 Å². The Labute approximate surface area is 116 Å². The Kier molecular flexibility index (Phi) is 4.02. The summed E-state index contributed by atoms with van der Waals surface area (Å²) in [5, 5.41) is 2.48. The zero-order chi connectivity index (χ0) is 14.7. The van der Waals surface area contributed by atoms with E-state index in [0.717, 1.165) is 12.1 Å². The summed E-state index contributed by atoms with van der Waals surface area (Å²) in [6.07, 6.45) is 2.28. The monoisotopic (exact) mass is 275 g/mol.